The zero-order chi connectivity index (χ0) is 100. The molecule has 4 amide bonds. The minimum Gasteiger partial charge on any atom is -0.502 e. The zero-order valence-corrected chi connectivity index (χ0v) is 80.4. The molecule has 4 aromatic heterocycles. The van der Waals surface area contributed by atoms with E-state index in [0.717, 1.165) is 44.7 Å². The highest BCUT2D eigenvalue weighted by Gasteiger charge is 2.54. The molecule has 21 rings (SSSR count). The monoisotopic (exact) mass is 2020 g/mol. The topological polar surface area (TPSA) is 325 Å². The second kappa shape index (κ2) is 42.0. The van der Waals surface area contributed by atoms with Crippen LogP contribution in [0.1, 0.15) is 137 Å². The zero-order valence-electron chi connectivity index (χ0n) is 77.2. The van der Waals surface area contributed by atoms with Crippen molar-refractivity contribution in [3.63, 3.8) is 0 Å². The normalized spacial score (nSPS) is 19.2. The second-order valence-electron chi connectivity index (χ2n) is 33.9. The lowest BCUT2D eigenvalue weighted by Crippen LogP contribution is -2.58. The Morgan fingerprint density at radius 3 is 1.31 bits per heavy atom. The van der Waals surface area contributed by atoms with Crippen molar-refractivity contribution in [1.82, 2.24) is 38.3 Å². The predicted molar refractivity (Wildman–Crippen MR) is 530 cm³/mol. The number of hydrogen-bond acceptors (Lipinski definition) is 25. The average molecular weight is 2020 g/mol. The highest BCUT2D eigenvalue weighted by atomic mass is 35.5. The van der Waals surface area contributed by atoms with Gasteiger partial charge in [-0.3, -0.25) is 77.1 Å². The van der Waals surface area contributed by atoms with E-state index >= 15 is 13.2 Å². The Labute approximate surface area is 834 Å². The van der Waals surface area contributed by atoms with Crippen LogP contribution in [0.3, 0.4) is 0 Å². The van der Waals surface area contributed by atoms with Gasteiger partial charge in [0, 0.05) is 94.2 Å². The number of aromatic nitrogens is 4. The Hall–Kier alpha value is -15.7. The predicted octanol–water partition coefficient (Wildman–Crippen LogP) is 15.5. The van der Waals surface area contributed by atoms with Gasteiger partial charge in [0.15, 0.2) is 74.7 Å². The molecule has 734 valence electrons. The van der Waals surface area contributed by atoms with Gasteiger partial charge in [0.2, 0.25) is 34.3 Å². The number of methoxy groups -OCH3 is 1. The van der Waals surface area contributed by atoms with Crippen LogP contribution in [0.25, 0.3) is 0 Å². The third-order valence-corrected chi connectivity index (χ3v) is 28.1. The van der Waals surface area contributed by atoms with Gasteiger partial charge >= 0.3 is 6.16 Å². The maximum absolute atomic E-state index is 15.3. The summed E-state index contributed by atoms with van der Waals surface area (Å²) in [5, 5.41) is 40.0. The molecule has 8 aromatic carbocycles. The van der Waals surface area contributed by atoms with Crippen molar-refractivity contribution >= 4 is 76.5 Å². The Bertz CT molecular complexity index is 7150. The average Bonchev–Trinajstić information content (AvgIpc) is 1.59. The number of carbonyl (C=O) groups is 5. The first kappa shape index (κ1) is 97.6. The minimum absolute atomic E-state index is 0.0362. The maximum atomic E-state index is 15.3. The van der Waals surface area contributed by atoms with Gasteiger partial charge in [-0.05, 0) is 115 Å². The number of nitrogens with zero attached hydrogens (tertiary/aromatic N) is 12. The van der Waals surface area contributed by atoms with Gasteiger partial charge < -0.3 is 68.1 Å². The standard InChI is InChI=1S/C29H26FN3O7.C26H23Cl2N3O4.2C25H22FN3O4S/c1-37-28(36)40-18-39-26-22(34)11-15-32-24(26)27(35)31-17-33(32)23(19-7-3-2-4-8-19)20-9-5-10-21(30)25(20)38-16-6-12-29(31)13-14-29;1-2-17-9-6-14-35-25-18(10-11-19(27)21(25)28)22(16-7-4-3-5-8-16)31-15-29(17)26(34)23-24(33)20(32)12-13-30(23)31;2*1-34-20-10-3-2-7-16(20)21-17-8-6-9-18(26)24(17)33-14-5-4-12-27-15-29(21)28-13-11-19(30)23(31)22(28)25(27)32/h2-12,15,23H,13-14,16-18H2,1H3;3-13,17,22,33H,2,14-15H2,1H3;2*2-11,13,21,31H,12,14-15H2,1H3/b12-6+;9-6+;2*5-4-/t23-;17-,22-;2*21-/m1110/s1. The summed E-state index contributed by atoms with van der Waals surface area (Å²) in [4.78, 5) is 124. The third-order valence-electron chi connectivity index (χ3n) is 25.7. The van der Waals surface area contributed by atoms with E-state index in [9.17, 15) is 58.5 Å². The van der Waals surface area contributed by atoms with E-state index in [4.69, 9.17) is 51.6 Å². The molecule has 1 saturated carbocycles. The van der Waals surface area contributed by atoms with Gasteiger partial charge in [-0.15, -0.1) is 23.5 Å². The number of carbonyl (C=O) groups excluding carboxylic acids is 5. The number of thioether (sulfide) groups is 2. The van der Waals surface area contributed by atoms with Crippen molar-refractivity contribution in [3.05, 3.63) is 409 Å². The van der Waals surface area contributed by atoms with Crippen LogP contribution in [0.4, 0.5) is 18.0 Å². The first-order valence-corrected chi connectivity index (χ1v) is 48.6. The number of aromatic hydroxyl groups is 3. The smallest absolute Gasteiger partial charge is 0.502 e. The van der Waals surface area contributed by atoms with Crippen LogP contribution < -0.4 is 65.4 Å². The summed E-state index contributed by atoms with van der Waals surface area (Å²) >= 11 is 16.1. The first-order valence-electron chi connectivity index (χ1n) is 45.4. The summed E-state index contributed by atoms with van der Waals surface area (Å²) in [7, 11) is 1.14. The number of fused-ring (bicyclic) bond motifs is 21. The fourth-order valence-electron chi connectivity index (χ4n) is 18.8. The molecule has 12 aromatic rings. The Balaban J connectivity index is 0.000000126. The summed E-state index contributed by atoms with van der Waals surface area (Å²) in [5.74, 6) is -4.61. The molecule has 9 aliphatic rings. The lowest BCUT2D eigenvalue weighted by atomic mass is 9.96. The third kappa shape index (κ3) is 18.9. The van der Waals surface area contributed by atoms with Crippen molar-refractivity contribution in [2.75, 3.05) is 113 Å². The first-order chi connectivity index (χ1) is 69.4. The van der Waals surface area contributed by atoms with Gasteiger partial charge in [0.25, 0.3) is 23.6 Å². The van der Waals surface area contributed by atoms with Crippen LogP contribution >= 0.6 is 46.7 Å². The number of hydrogen-bond donors (Lipinski definition) is 3. The van der Waals surface area contributed by atoms with Gasteiger partial charge in [0.1, 0.15) is 88.0 Å². The van der Waals surface area contributed by atoms with Crippen LogP contribution in [0.2, 0.25) is 10.0 Å². The highest BCUT2D eigenvalue weighted by Crippen LogP contribution is 2.51. The summed E-state index contributed by atoms with van der Waals surface area (Å²) < 4.78 is 90.2. The lowest BCUT2D eigenvalue weighted by Gasteiger charge is -2.46. The van der Waals surface area contributed by atoms with Crippen LogP contribution in [0.15, 0.2) is 303 Å². The van der Waals surface area contributed by atoms with Gasteiger partial charge in [-0.1, -0.05) is 194 Å². The summed E-state index contributed by atoms with van der Waals surface area (Å²) in [6, 6.07) is 54.9. The van der Waals surface area contributed by atoms with Gasteiger partial charge in [0.05, 0.1) is 23.7 Å². The molecule has 1 aliphatic carbocycles. The number of amides is 4. The fraction of sp³-hybridized carbons (Fsp3) is 0.229. The second-order valence-corrected chi connectivity index (χ2v) is 36.4. The van der Waals surface area contributed by atoms with E-state index in [0.29, 0.717) is 46.7 Å². The maximum Gasteiger partial charge on any atom is 0.510 e. The molecule has 5 atom stereocenters. The van der Waals surface area contributed by atoms with Crippen molar-refractivity contribution in [3.8, 4) is 46.0 Å². The SMILES string of the molecule is CC[C@@H]1/C=C/COc2c(ccc(Cl)c2Cl)[C@@H](c2ccccc2)N2CN1C(=O)c1c(O)c(=O)ccn12.COC(=O)OCOc1c2n(ccc1=O)N1CN(C2=O)C2(/C=C/COc3c(F)cccc3[C@H]1c1ccccc1)CC2.CSc1ccccc1[C@@H]1c2cccc(F)c2OC/C=C\CN2CN1n1ccc(=O)c(O)c1C2=O.CSc1ccccc1[C@H]1c2cccc(F)c2OC/C=C\CN2CN1n1ccc(=O)c(O)c1C2=O. The molecule has 0 saturated heterocycles. The van der Waals surface area contributed by atoms with E-state index < -0.39 is 123 Å². The molecule has 31 nitrogen and oxygen atoms in total. The van der Waals surface area contributed by atoms with E-state index in [1.807, 2.05) is 173 Å². The van der Waals surface area contributed by atoms with Gasteiger partial charge in [-0.25, -0.2) is 18.0 Å². The highest BCUT2D eigenvalue weighted by molar-refractivity contribution is 7.98. The molecule has 0 unspecified atom stereocenters. The Kier molecular flexibility index (Phi) is 28.7. The number of benzene rings is 8. The molecule has 38 heteroatoms. The lowest BCUT2D eigenvalue weighted by molar-refractivity contribution is 0.0132. The summed E-state index contributed by atoms with van der Waals surface area (Å²) in [6.45, 7) is 3.00. The molecule has 12 heterocycles. The molecule has 8 bridgehead atoms. The van der Waals surface area contributed by atoms with Crippen LogP contribution in [0.5, 0.6) is 46.0 Å². The fourth-order valence-corrected chi connectivity index (χ4v) is 20.4. The molecule has 8 aliphatic heterocycles. The molecule has 1 spiro atoms. The van der Waals surface area contributed by atoms with Crippen LogP contribution in [0, 0.1) is 17.5 Å². The quantitative estimate of drug-likeness (QED) is 0.0495. The van der Waals surface area contributed by atoms with Crippen molar-refractivity contribution in [1.29, 1.82) is 0 Å². The van der Waals surface area contributed by atoms with E-state index in [1.54, 1.807) is 116 Å². The number of pyridine rings is 4. The number of ether oxygens (including phenoxy) is 7. The molecular weight excluding hydrogens is 1930 g/mol. The van der Waals surface area contributed by atoms with E-state index in [1.165, 1.54) is 86.4 Å². The summed E-state index contributed by atoms with van der Waals surface area (Å²) in [5.41, 5.74) is 2.41. The molecule has 3 N–H and O–H groups in total. The molecule has 0 radical (unpaired) electrons. The number of para-hydroxylation sites is 3. The minimum atomic E-state index is -0.997. The van der Waals surface area contributed by atoms with Gasteiger partial charge in [-0.2, -0.15) is 0 Å². The molecular formula is C105H93Cl2F3N12O19S2. The van der Waals surface area contributed by atoms with Crippen molar-refractivity contribution in [2.24, 2.45) is 0 Å². The number of halogens is 5. The Morgan fingerprint density at radius 1 is 0.434 bits per heavy atom. The van der Waals surface area contributed by atoms with E-state index in [2.05, 4.69) is 4.74 Å². The largest absolute Gasteiger partial charge is 0.510 e. The number of rotatable bonds is 10. The van der Waals surface area contributed by atoms with Crippen LogP contribution in [-0.2, 0) is 9.47 Å². The van der Waals surface area contributed by atoms with E-state index in [-0.39, 0.29) is 123 Å². The Morgan fingerprint density at radius 2 is 0.839 bits per heavy atom. The van der Waals surface area contributed by atoms with Crippen molar-refractivity contribution in [2.45, 2.75) is 71.7 Å². The van der Waals surface area contributed by atoms with Crippen molar-refractivity contribution < 1.29 is 85.6 Å². The molecule has 143 heavy (non-hydrogen) atoms. The summed E-state index contributed by atoms with van der Waals surface area (Å²) in [6.07, 6.45) is 25.3. The van der Waals surface area contributed by atoms with Crippen LogP contribution in [-0.4, -0.2) is 188 Å². The molecule has 1 fully saturated rings.